The first-order valence-corrected chi connectivity index (χ1v) is 6.22. The summed E-state index contributed by atoms with van der Waals surface area (Å²) >= 11 is 0. The van der Waals surface area contributed by atoms with Gasteiger partial charge in [0.1, 0.15) is 0 Å². The van der Waals surface area contributed by atoms with Crippen molar-refractivity contribution in [3.63, 3.8) is 0 Å². The van der Waals surface area contributed by atoms with Crippen LogP contribution in [0.1, 0.15) is 19.3 Å². The molecule has 1 atom stereocenters. The van der Waals surface area contributed by atoms with Gasteiger partial charge >= 0.3 is 0 Å². The third-order valence-electron chi connectivity index (χ3n) is 3.29. The van der Waals surface area contributed by atoms with Gasteiger partial charge in [0.05, 0.1) is 0 Å². The van der Waals surface area contributed by atoms with Crippen LogP contribution >= 0.6 is 0 Å². The Hall–Kier alpha value is -0.160. The van der Waals surface area contributed by atoms with Crippen LogP contribution in [0.5, 0.6) is 0 Å². The molecule has 0 aliphatic carbocycles. The first-order chi connectivity index (χ1) is 7.76. The average Bonchev–Trinajstić information content (AvgIpc) is 2.29. The Kier molecular flexibility index (Phi) is 6.96. The number of piperidine rings is 1. The van der Waals surface area contributed by atoms with E-state index in [9.17, 15) is 0 Å². The van der Waals surface area contributed by atoms with Crippen molar-refractivity contribution < 1.29 is 9.47 Å². The van der Waals surface area contributed by atoms with E-state index in [4.69, 9.17) is 15.2 Å². The second-order valence-corrected chi connectivity index (χ2v) is 4.74. The predicted molar refractivity (Wildman–Crippen MR) is 65.5 cm³/mol. The highest BCUT2D eigenvalue weighted by atomic mass is 16.5. The maximum absolute atomic E-state index is 6.04. The third-order valence-corrected chi connectivity index (χ3v) is 3.29. The maximum Gasteiger partial charge on any atom is 0.0491 e. The van der Waals surface area contributed by atoms with E-state index in [1.807, 2.05) is 0 Å². The van der Waals surface area contributed by atoms with Crippen LogP contribution in [0.4, 0.5) is 0 Å². The summed E-state index contributed by atoms with van der Waals surface area (Å²) < 4.78 is 10.2. The lowest BCUT2D eigenvalue weighted by atomic mass is 9.97. The van der Waals surface area contributed by atoms with Gasteiger partial charge in [0.2, 0.25) is 0 Å². The number of nitrogens with two attached hydrogens (primary N) is 1. The summed E-state index contributed by atoms with van der Waals surface area (Å²) in [4.78, 5) is 2.46. The normalized spacial score (nSPS) is 21.2. The van der Waals surface area contributed by atoms with E-state index in [0.29, 0.717) is 0 Å². The van der Waals surface area contributed by atoms with E-state index in [0.717, 1.165) is 45.2 Å². The number of ether oxygens (including phenoxy) is 2. The second kappa shape index (κ2) is 8.01. The predicted octanol–water partition coefficient (Wildman–Crippen LogP) is 0.709. The number of nitrogens with zero attached hydrogens (tertiary/aromatic N) is 1. The number of rotatable bonds is 7. The molecule has 1 saturated heterocycles. The van der Waals surface area contributed by atoms with Crippen LogP contribution in [-0.2, 0) is 9.47 Å². The standard InChI is InChI=1S/C12H26N2O2/c1-15-8-5-12(13)9-14-6-3-11(4-7-14)10-16-2/h11-12H,3-10,13H2,1-2H3. The van der Waals surface area contributed by atoms with Crippen molar-refractivity contribution in [2.24, 2.45) is 11.7 Å². The molecule has 0 aromatic heterocycles. The molecule has 1 fully saturated rings. The summed E-state index contributed by atoms with van der Waals surface area (Å²) in [5.41, 5.74) is 6.04. The van der Waals surface area contributed by atoms with E-state index >= 15 is 0 Å². The second-order valence-electron chi connectivity index (χ2n) is 4.74. The molecule has 0 spiro atoms. The molecule has 1 aliphatic rings. The Morgan fingerprint density at radius 1 is 1.25 bits per heavy atom. The third kappa shape index (κ3) is 5.25. The van der Waals surface area contributed by atoms with Crippen LogP contribution in [-0.4, -0.2) is 58.0 Å². The van der Waals surface area contributed by atoms with Gasteiger partial charge in [0.15, 0.2) is 0 Å². The zero-order valence-corrected chi connectivity index (χ0v) is 10.7. The minimum atomic E-state index is 0.249. The maximum atomic E-state index is 6.04. The highest BCUT2D eigenvalue weighted by Crippen LogP contribution is 2.17. The van der Waals surface area contributed by atoms with E-state index < -0.39 is 0 Å². The molecular formula is C12H26N2O2. The highest BCUT2D eigenvalue weighted by molar-refractivity contribution is 4.75. The topological polar surface area (TPSA) is 47.7 Å². The Labute approximate surface area is 99.1 Å². The lowest BCUT2D eigenvalue weighted by Gasteiger charge is -2.33. The van der Waals surface area contributed by atoms with Crippen molar-refractivity contribution in [3.8, 4) is 0 Å². The van der Waals surface area contributed by atoms with Crippen LogP contribution in [0.15, 0.2) is 0 Å². The SMILES string of the molecule is COCCC(N)CN1CCC(COC)CC1. The monoisotopic (exact) mass is 230 g/mol. The molecule has 0 aromatic rings. The van der Waals surface area contributed by atoms with Crippen molar-refractivity contribution in [1.29, 1.82) is 0 Å². The molecule has 4 heteroatoms. The number of hydrogen-bond donors (Lipinski definition) is 1. The molecule has 0 saturated carbocycles. The van der Waals surface area contributed by atoms with Gasteiger partial charge in [-0.15, -0.1) is 0 Å². The van der Waals surface area contributed by atoms with Crippen LogP contribution in [0.3, 0.4) is 0 Å². The summed E-state index contributed by atoms with van der Waals surface area (Å²) in [6.07, 6.45) is 3.43. The lowest BCUT2D eigenvalue weighted by molar-refractivity contribution is 0.0944. The highest BCUT2D eigenvalue weighted by Gasteiger charge is 2.20. The molecule has 96 valence electrons. The molecule has 0 aromatic carbocycles. The number of methoxy groups -OCH3 is 2. The molecule has 0 bridgehead atoms. The Bertz CT molecular complexity index is 170. The minimum Gasteiger partial charge on any atom is -0.385 e. The summed E-state index contributed by atoms with van der Waals surface area (Å²) in [6, 6.07) is 0.249. The van der Waals surface area contributed by atoms with Crippen LogP contribution in [0.2, 0.25) is 0 Å². The zero-order chi connectivity index (χ0) is 11.8. The van der Waals surface area contributed by atoms with E-state index in [2.05, 4.69) is 4.90 Å². The molecule has 0 radical (unpaired) electrons. The molecule has 1 unspecified atom stereocenters. The zero-order valence-electron chi connectivity index (χ0n) is 10.7. The first-order valence-electron chi connectivity index (χ1n) is 6.22. The number of hydrogen-bond acceptors (Lipinski definition) is 4. The summed E-state index contributed by atoms with van der Waals surface area (Å²) in [6.45, 7) is 5.00. The van der Waals surface area contributed by atoms with Gasteiger partial charge in [0.25, 0.3) is 0 Å². The summed E-state index contributed by atoms with van der Waals surface area (Å²) in [7, 11) is 3.51. The molecule has 4 nitrogen and oxygen atoms in total. The Balaban J connectivity index is 2.11. The Morgan fingerprint density at radius 3 is 2.50 bits per heavy atom. The van der Waals surface area contributed by atoms with Gasteiger partial charge in [0, 0.05) is 40.0 Å². The van der Waals surface area contributed by atoms with Crippen LogP contribution in [0, 0.1) is 5.92 Å². The van der Waals surface area contributed by atoms with E-state index in [1.165, 1.54) is 12.8 Å². The minimum absolute atomic E-state index is 0.249. The van der Waals surface area contributed by atoms with Crippen molar-refractivity contribution in [3.05, 3.63) is 0 Å². The van der Waals surface area contributed by atoms with Gasteiger partial charge in [-0.3, -0.25) is 0 Å². The van der Waals surface area contributed by atoms with Crippen molar-refractivity contribution in [2.45, 2.75) is 25.3 Å². The summed E-state index contributed by atoms with van der Waals surface area (Å²) in [5, 5.41) is 0. The van der Waals surface area contributed by atoms with Crippen molar-refractivity contribution in [2.75, 3.05) is 47.1 Å². The van der Waals surface area contributed by atoms with Crippen LogP contribution in [0.25, 0.3) is 0 Å². The quantitative estimate of drug-likeness (QED) is 0.700. The molecule has 0 amide bonds. The lowest BCUT2D eigenvalue weighted by Crippen LogP contribution is -2.42. The molecular weight excluding hydrogens is 204 g/mol. The van der Waals surface area contributed by atoms with E-state index in [-0.39, 0.29) is 6.04 Å². The van der Waals surface area contributed by atoms with Crippen molar-refractivity contribution in [1.82, 2.24) is 4.90 Å². The van der Waals surface area contributed by atoms with E-state index in [1.54, 1.807) is 14.2 Å². The largest absolute Gasteiger partial charge is 0.385 e. The fraction of sp³-hybridized carbons (Fsp3) is 1.00. The van der Waals surface area contributed by atoms with Crippen molar-refractivity contribution >= 4 is 0 Å². The smallest absolute Gasteiger partial charge is 0.0491 e. The molecule has 2 N–H and O–H groups in total. The van der Waals surface area contributed by atoms with Gasteiger partial charge < -0.3 is 20.1 Å². The Morgan fingerprint density at radius 2 is 1.94 bits per heavy atom. The van der Waals surface area contributed by atoms with Gasteiger partial charge in [-0.05, 0) is 38.3 Å². The van der Waals surface area contributed by atoms with Gasteiger partial charge in [-0.2, -0.15) is 0 Å². The molecule has 1 rings (SSSR count). The molecule has 1 aliphatic heterocycles. The fourth-order valence-electron chi connectivity index (χ4n) is 2.26. The molecule has 1 heterocycles. The summed E-state index contributed by atoms with van der Waals surface area (Å²) in [5.74, 6) is 0.747. The van der Waals surface area contributed by atoms with Crippen LogP contribution < -0.4 is 5.73 Å². The molecule has 16 heavy (non-hydrogen) atoms. The first kappa shape index (κ1) is 13.9. The van der Waals surface area contributed by atoms with Gasteiger partial charge in [-0.25, -0.2) is 0 Å². The average molecular weight is 230 g/mol. The number of likely N-dealkylation sites (tertiary alicyclic amines) is 1. The van der Waals surface area contributed by atoms with Gasteiger partial charge in [-0.1, -0.05) is 0 Å². The fourth-order valence-corrected chi connectivity index (χ4v) is 2.26.